The number of hydrogen-bond acceptors (Lipinski definition) is 7. The molecule has 2 amide bonds. The molecule has 0 radical (unpaired) electrons. The maximum atomic E-state index is 11.4. The zero-order valence-electron chi connectivity index (χ0n) is 13.1. The second kappa shape index (κ2) is 7.06. The van der Waals surface area contributed by atoms with Crippen molar-refractivity contribution >= 4 is 35.0 Å². The van der Waals surface area contributed by atoms with E-state index < -0.39 is 5.91 Å². The number of aromatic nitrogens is 2. The van der Waals surface area contributed by atoms with Gasteiger partial charge in [0.05, 0.1) is 0 Å². The first-order valence-electron chi connectivity index (χ1n) is 6.85. The molecule has 2 rings (SSSR count). The summed E-state index contributed by atoms with van der Waals surface area (Å²) < 4.78 is 0. The van der Waals surface area contributed by atoms with Gasteiger partial charge in [0.25, 0.3) is 5.91 Å². The number of anilines is 4. The van der Waals surface area contributed by atoms with Gasteiger partial charge in [0.15, 0.2) is 12.0 Å². The quantitative estimate of drug-likeness (QED) is 0.554. The van der Waals surface area contributed by atoms with Gasteiger partial charge in [-0.3, -0.25) is 14.5 Å². The van der Waals surface area contributed by atoms with Gasteiger partial charge in [-0.25, -0.2) is 4.98 Å². The van der Waals surface area contributed by atoms with Crippen molar-refractivity contribution in [2.45, 2.75) is 6.92 Å². The van der Waals surface area contributed by atoms with Crippen LogP contribution in [0.5, 0.6) is 0 Å². The van der Waals surface area contributed by atoms with Gasteiger partial charge in [-0.1, -0.05) is 6.07 Å². The van der Waals surface area contributed by atoms with Crippen molar-refractivity contribution in [3.8, 4) is 6.19 Å². The summed E-state index contributed by atoms with van der Waals surface area (Å²) >= 11 is 0. The molecule has 0 atom stereocenters. The van der Waals surface area contributed by atoms with Crippen LogP contribution in [0.25, 0.3) is 0 Å². The number of carbonyl (C=O) groups excluding carboxylic acids is 2. The smallest absolute Gasteiger partial charge is 0.254 e. The number of carbonyl (C=O) groups is 2. The van der Waals surface area contributed by atoms with Gasteiger partial charge in [-0.05, 0) is 18.2 Å². The molecule has 0 fully saturated rings. The number of nitrogens with one attached hydrogen (secondary N) is 2. The van der Waals surface area contributed by atoms with Crippen LogP contribution in [0, 0.1) is 11.5 Å². The standard InChI is InChI=1S/C15H15N7O2/c1-9(23)19-10-4-3-5-11(6-10)20-15-18-7-12(13(17)24)14(21-15)22(2)8-16/h3-7H,1-2H3,(H2,17,24)(H,19,23)(H,18,20,21). The van der Waals surface area contributed by atoms with E-state index in [1.807, 2.05) is 6.19 Å². The maximum absolute atomic E-state index is 11.4. The Morgan fingerprint density at radius 3 is 2.67 bits per heavy atom. The first kappa shape index (κ1) is 16.7. The van der Waals surface area contributed by atoms with Gasteiger partial charge < -0.3 is 16.4 Å². The molecule has 0 spiro atoms. The van der Waals surface area contributed by atoms with Gasteiger partial charge >= 0.3 is 0 Å². The van der Waals surface area contributed by atoms with E-state index in [1.54, 1.807) is 24.3 Å². The number of benzene rings is 1. The van der Waals surface area contributed by atoms with Gasteiger partial charge in [0.1, 0.15) is 5.56 Å². The lowest BCUT2D eigenvalue weighted by molar-refractivity contribution is -0.114. The van der Waals surface area contributed by atoms with Crippen molar-refractivity contribution in [1.82, 2.24) is 9.97 Å². The van der Waals surface area contributed by atoms with Crippen LogP contribution in [0.4, 0.5) is 23.1 Å². The maximum Gasteiger partial charge on any atom is 0.254 e. The molecule has 4 N–H and O–H groups in total. The zero-order valence-corrected chi connectivity index (χ0v) is 13.1. The first-order valence-corrected chi connectivity index (χ1v) is 6.85. The van der Waals surface area contributed by atoms with Crippen molar-refractivity contribution in [3.05, 3.63) is 36.0 Å². The summed E-state index contributed by atoms with van der Waals surface area (Å²) in [5.74, 6) is -0.643. The lowest BCUT2D eigenvalue weighted by Gasteiger charge is -2.13. The number of hydrogen-bond donors (Lipinski definition) is 3. The van der Waals surface area contributed by atoms with E-state index in [9.17, 15) is 9.59 Å². The number of amides is 2. The van der Waals surface area contributed by atoms with Crippen LogP contribution in [0.1, 0.15) is 17.3 Å². The number of nitrogens with zero attached hydrogens (tertiary/aromatic N) is 4. The summed E-state index contributed by atoms with van der Waals surface area (Å²) in [6, 6.07) is 6.93. The first-order chi connectivity index (χ1) is 11.4. The topological polar surface area (TPSA) is 137 Å². The van der Waals surface area contributed by atoms with Crippen LogP contribution >= 0.6 is 0 Å². The van der Waals surface area contributed by atoms with Crippen molar-refractivity contribution in [1.29, 1.82) is 5.26 Å². The molecule has 0 bridgehead atoms. The Morgan fingerprint density at radius 2 is 2.04 bits per heavy atom. The Hall–Kier alpha value is -3.67. The van der Waals surface area contributed by atoms with Crippen LogP contribution in [0.2, 0.25) is 0 Å². The molecule has 24 heavy (non-hydrogen) atoms. The summed E-state index contributed by atoms with van der Waals surface area (Å²) in [6.45, 7) is 1.41. The monoisotopic (exact) mass is 325 g/mol. The fourth-order valence-electron chi connectivity index (χ4n) is 1.92. The zero-order chi connectivity index (χ0) is 17.7. The highest BCUT2D eigenvalue weighted by atomic mass is 16.1. The van der Waals surface area contributed by atoms with Crippen LogP contribution in [0.15, 0.2) is 30.5 Å². The van der Waals surface area contributed by atoms with Crippen molar-refractivity contribution in [2.75, 3.05) is 22.6 Å². The van der Waals surface area contributed by atoms with Crippen LogP contribution in [0.3, 0.4) is 0 Å². The summed E-state index contributed by atoms with van der Waals surface area (Å²) in [4.78, 5) is 31.8. The molecule has 9 nitrogen and oxygen atoms in total. The van der Waals surface area contributed by atoms with Crippen molar-refractivity contribution in [2.24, 2.45) is 5.73 Å². The SMILES string of the molecule is CC(=O)Nc1cccc(Nc2ncc(C(N)=O)c(N(C)C#N)n2)c1. The summed E-state index contributed by atoms with van der Waals surface area (Å²) in [6.07, 6.45) is 3.11. The Bertz CT molecular complexity index is 829. The average Bonchev–Trinajstić information content (AvgIpc) is 2.53. The second-order valence-electron chi connectivity index (χ2n) is 4.84. The molecule has 9 heteroatoms. The molecule has 0 saturated carbocycles. The molecule has 2 aromatic rings. The largest absolute Gasteiger partial charge is 0.365 e. The van der Waals surface area contributed by atoms with Crippen LogP contribution in [-0.2, 0) is 4.79 Å². The molecular weight excluding hydrogens is 310 g/mol. The predicted octanol–water partition coefficient (Wildman–Crippen LogP) is 1.19. The van der Waals surface area contributed by atoms with Crippen molar-refractivity contribution < 1.29 is 9.59 Å². The van der Waals surface area contributed by atoms with E-state index in [-0.39, 0.29) is 23.2 Å². The third kappa shape index (κ3) is 3.95. The highest BCUT2D eigenvalue weighted by molar-refractivity contribution is 5.97. The van der Waals surface area contributed by atoms with Crippen LogP contribution < -0.4 is 21.3 Å². The Balaban J connectivity index is 2.32. The van der Waals surface area contributed by atoms with Crippen LogP contribution in [-0.4, -0.2) is 28.8 Å². The molecule has 1 aromatic heterocycles. The minimum atomic E-state index is -0.730. The predicted molar refractivity (Wildman–Crippen MR) is 88.6 cm³/mol. The number of primary amides is 1. The van der Waals surface area contributed by atoms with Gasteiger partial charge in [-0.15, -0.1) is 0 Å². The Morgan fingerprint density at radius 1 is 1.33 bits per heavy atom. The van der Waals surface area contributed by atoms with E-state index in [1.165, 1.54) is 20.2 Å². The molecule has 0 saturated heterocycles. The van der Waals surface area contributed by atoms with E-state index >= 15 is 0 Å². The molecule has 1 aromatic carbocycles. The van der Waals surface area contributed by atoms with E-state index in [0.29, 0.717) is 11.4 Å². The highest BCUT2D eigenvalue weighted by Gasteiger charge is 2.15. The lowest BCUT2D eigenvalue weighted by atomic mass is 10.2. The third-order valence-electron chi connectivity index (χ3n) is 2.94. The summed E-state index contributed by atoms with van der Waals surface area (Å²) in [7, 11) is 1.45. The van der Waals surface area contributed by atoms with E-state index in [4.69, 9.17) is 11.0 Å². The fourth-order valence-corrected chi connectivity index (χ4v) is 1.92. The lowest BCUT2D eigenvalue weighted by Crippen LogP contribution is -2.20. The minimum Gasteiger partial charge on any atom is -0.365 e. The molecule has 0 aliphatic carbocycles. The van der Waals surface area contributed by atoms with Crippen molar-refractivity contribution in [3.63, 3.8) is 0 Å². The second-order valence-corrected chi connectivity index (χ2v) is 4.84. The summed E-state index contributed by atoms with van der Waals surface area (Å²) in [5, 5.41) is 14.6. The van der Waals surface area contributed by atoms with Gasteiger partial charge in [-0.2, -0.15) is 10.2 Å². The normalized spacial score (nSPS) is 9.71. The third-order valence-corrected chi connectivity index (χ3v) is 2.94. The Kier molecular flexibility index (Phi) is 4.91. The number of rotatable bonds is 5. The van der Waals surface area contributed by atoms with Gasteiger partial charge in [0.2, 0.25) is 11.9 Å². The number of nitriles is 1. The number of nitrogens with two attached hydrogens (primary N) is 1. The average molecular weight is 325 g/mol. The molecule has 0 unspecified atom stereocenters. The molecule has 0 aliphatic heterocycles. The van der Waals surface area contributed by atoms with Gasteiger partial charge in [0, 0.05) is 31.5 Å². The molecule has 122 valence electrons. The molecular formula is C15H15N7O2. The Labute approximate surface area is 138 Å². The summed E-state index contributed by atoms with van der Waals surface area (Å²) in [5.41, 5.74) is 6.53. The molecule has 0 aliphatic rings. The highest BCUT2D eigenvalue weighted by Crippen LogP contribution is 2.21. The fraction of sp³-hybridized carbons (Fsp3) is 0.133. The van der Waals surface area contributed by atoms with E-state index in [0.717, 1.165) is 4.90 Å². The molecule has 1 heterocycles. The minimum absolute atomic E-state index is 0.0385. The van der Waals surface area contributed by atoms with E-state index in [2.05, 4.69) is 20.6 Å².